The molecule has 3 aromatic heterocycles. The fraction of sp³-hybridized carbons (Fsp3) is 0.491. The second-order valence-electron chi connectivity index (χ2n) is 21.1. The molecule has 11 rings (SSSR count). The average molecular weight is 947 g/mol. The summed E-state index contributed by atoms with van der Waals surface area (Å²) in [5, 5.41) is 6.44. The van der Waals surface area contributed by atoms with Gasteiger partial charge in [-0.2, -0.15) is 0 Å². The molecular weight excluding hydrogens is 881 g/mol. The van der Waals surface area contributed by atoms with Crippen LogP contribution in [0.4, 0.5) is 11.4 Å². The molecule has 2 N–H and O–H groups in total. The van der Waals surface area contributed by atoms with Crippen LogP contribution in [0.15, 0.2) is 83.9 Å². The molecule has 4 amide bonds. The quantitative estimate of drug-likeness (QED) is 0.152. The molecule has 5 fully saturated rings. The Hall–Kier alpha value is -6.16. The zero-order chi connectivity index (χ0) is 48.4. The van der Waals surface area contributed by atoms with Gasteiger partial charge < -0.3 is 14.8 Å². The lowest BCUT2D eigenvalue weighted by atomic mass is 9.88. The number of carbonyl (C=O) groups excluding carboxylic acids is 4. The normalized spacial score (nSPS) is 23.0. The van der Waals surface area contributed by atoms with Gasteiger partial charge in [0.25, 0.3) is 11.5 Å². The molecule has 1 saturated carbocycles. The van der Waals surface area contributed by atoms with E-state index in [4.69, 9.17) is 4.98 Å². The summed E-state index contributed by atoms with van der Waals surface area (Å²) in [6, 6.07) is 22.4. The molecule has 0 radical (unpaired) electrons. The summed E-state index contributed by atoms with van der Waals surface area (Å²) in [5.74, 6) is 0.510. The van der Waals surface area contributed by atoms with E-state index < -0.39 is 11.5 Å². The minimum absolute atomic E-state index is 0.0112. The van der Waals surface area contributed by atoms with Crippen LogP contribution in [0.25, 0.3) is 16.7 Å². The summed E-state index contributed by atoms with van der Waals surface area (Å²) in [6.45, 7) is 12.9. The molecule has 0 unspecified atom stereocenters. The number of rotatable bonds is 11. The van der Waals surface area contributed by atoms with Crippen molar-refractivity contribution in [3.63, 3.8) is 0 Å². The highest BCUT2D eigenvalue weighted by Gasteiger charge is 2.61. The zero-order valence-electron chi connectivity index (χ0n) is 41.0. The number of nitrogens with one attached hydrogen (secondary N) is 2. The Morgan fingerprint density at radius 1 is 0.871 bits per heavy atom. The highest BCUT2D eigenvalue weighted by molar-refractivity contribution is 6.15. The standard InChI is InChI=1S/C55H66N10O5/c1-35-32-60(33-38-5-10-46-44(29-38)55(19-20-55)54(70)65(46)47-11-12-49(66)58-52(47)68)27-28-63(35)34-37-14-22-62(23-15-37)53(69)41-8-6-39(7-9-41)40-16-24-61(25-17-40)36(2)48-31-43-45(13-21-57-51(43)59(48)4)64-26-18-42(56-3)30-50(64)67/h5-10,13,18,21,26,29-31,35-37,40,47,56H,11-12,14-17,19-20,22-25,27-28,32-34H2,1-4H3,(H,58,66,68)/t35-,36-,47+/m0/s1. The smallest absolute Gasteiger partial charge is 0.257 e. The summed E-state index contributed by atoms with van der Waals surface area (Å²) in [6.07, 6.45) is 9.94. The number of piperidine rings is 3. The minimum Gasteiger partial charge on any atom is -0.388 e. The van der Waals surface area contributed by atoms with Crippen molar-refractivity contribution < 1.29 is 19.2 Å². The highest BCUT2D eigenvalue weighted by atomic mass is 16.2. The second-order valence-corrected chi connectivity index (χ2v) is 21.1. The predicted octanol–water partition coefficient (Wildman–Crippen LogP) is 5.95. The van der Waals surface area contributed by atoms with Crippen molar-refractivity contribution in [2.24, 2.45) is 13.0 Å². The first-order chi connectivity index (χ1) is 33.9. The van der Waals surface area contributed by atoms with Crippen LogP contribution >= 0.6 is 0 Å². The Morgan fingerprint density at radius 2 is 1.64 bits per heavy atom. The number of likely N-dealkylation sites (tertiary alicyclic amines) is 2. The molecular formula is C55H66N10O5. The largest absolute Gasteiger partial charge is 0.388 e. The number of nitrogens with zero attached hydrogens (tertiary/aromatic N) is 8. The number of amides is 4. The maximum Gasteiger partial charge on any atom is 0.257 e. The number of anilines is 2. The fourth-order valence-electron chi connectivity index (χ4n) is 12.5. The van der Waals surface area contributed by atoms with Crippen molar-refractivity contribution in [2.75, 3.05) is 69.6 Å². The summed E-state index contributed by atoms with van der Waals surface area (Å²) in [7, 11) is 3.88. The lowest BCUT2D eigenvalue weighted by molar-refractivity contribution is -0.135. The third-order valence-electron chi connectivity index (χ3n) is 16.9. The van der Waals surface area contributed by atoms with Gasteiger partial charge in [0.05, 0.1) is 11.1 Å². The van der Waals surface area contributed by atoms with Gasteiger partial charge in [0, 0.05) is 125 Å². The molecule has 15 nitrogen and oxygen atoms in total. The van der Waals surface area contributed by atoms with Crippen molar-refractivity contribution in [1.29, 1.82) is 0 Å². The summed E-state index contributed by atoms with van der Waals surface area (Å²) < 4.78 is 3.86. The number of fused-ring (bicyclic) bond motifs is 3. The van der Waals surface area contributed by atoms with Crippen molar-refractivity contribution in [3.8, 4) is 5.69 Å². The van der Waals surface area contributed by atoms with Crippen LogP contribution in [0, 0.1) is 5.92 Å². The molecule has 5 aromatic rings. The Labute approximate surface area is 409 Å². The van der Waals surface area contributed by atoms with Crippen molar-refractivity contribution in [3.05, 3.63) is 117 Å². The molecule has 4 saturated heterocycles. The summed E-state index contributed by atoms with van der Waals surface area (Å²) >= 11 is 0. The van der Waals surface area contributed by atoms with Gasteiger partial charge in [-0.1, -0.05) is 24.3 Å². The van der Waals surface area contributed by atoms with E-state index in [0.717, 1.165) is 137 Å². The van der Waals surface area contributed by atoms with Crippen LogP contribution in [0.5, 0.6) is 0 Å². The first-order valence-electron chi connectivity index (χ1n) is 25.6. The van der Waals surface area contributed by atoms with E-state index in [1.807, 2.05) is 43.6 Å². The first kappa shape index (κ1) is 46.2. The number of aryl methyl sites for hydroxylation is 1. The van der Waals surface area contributed by atoms with Gasteiger partial charge in [0.2, 0.25) is 17.7 Å². The molecule has 1 aliphatic carbocycles. The van der Waals surface area contributed by atoms with Gasteiger partial charge in [0.1, 0.15) is 11.7 Å². The molecule has 3 atom stereocenters. The van der Waals surface area contributed by atoms with Crippen LogP contribution in [0.3, 0.4) is 0 Å². The predicted molar refractivity (Wildman–Crippen MR) is 270 cm³/mol. The van der Waals surface area contributed by atoms with Crippen LogP contribution in [0.1, 0.15) is 110 Å². The second kappa shape index (κ2) is 18.5. The van der Waals surface area contributed by atoms with Crippen LogP contribution in [0.2, 0.25) is 0 Å². The molecule has 70 heavy (non-hydrogen) atoms. The third kappa shape index (κ3) is 8.42. The third-order valence-corrected chi connectivity index (χ3v) is 16.9. The number of benzene rings is 2. The number of imide groups is 1. The minimum atomic E-state index is -0.630. The molecule has 2 aromatic carbocycles. The van der Waals surface area contributed by atoms with E-state index in [1.165, 1.54) is 16.8 Å². The fourth-order valence-corrected chi connectivity index (χ4v) is 12.5. The molecule has 5 aliphatic heterocycles. The molecule has 366 valence electrons. The number of carbonyl (C=O) groups is 4. The van der Waals surface area contributed by atoms with Gasteiger partial charge in [-0.05, 0) is 137 Å². The topological polar surface area (TPSA) is 148 Å². The number of piperazine rings is 1. The van der Waals surface area contributed by atoms with Gasteiger partial charge >= 0.3 is 0 Å². The molecule has 15 heteroatoms. The molecule has 1 spiro atoms. The van der Waals surface area contributed by atoms with Crippen molar-refractivity contribution in [2.45, 2.75) is 101 Å². The van der Waals surface area contributed by atoms with Crippen molar-refractivity contribution in [1.82, 2.24) is 39.0 Å². The van der Waals surface area contributed by atoms with Gasteiger partial charge in [-0.15, -0.1) is 0 Å². The number of hydrogen-bond acceptors (Lipinski definition) is 10. The van der Waals surface area contributed by atoms with Gasteiger partial charge in [-0.25, -0.2) is 4.98 Å². The van der Waals surface area contributed by atoms with E-state index in [9.17, 15) is 24.0 Å². The average Bonchev–Trinajstić information content (AvgIpc) is 4.07. The lowest BCUT2D eigenvalue weighted by Gasteiger charge is -2.42. The number of aromatic nitrogens is 3. The van der Waals surface area contributed by atoms with E-state index in [-0.39, 0.29) is 41.7 Å². The number of pyridine rings is 2. The zero-order valence-corrected chi connectivity index (χ0v) is 41.0. The lowest BCUT2D eigenvalue weighted by Crippen LogP contribution is -2.54. The van der Waals surface area contributed by atoms with E-state index in [0.29, 0.717) is 24.3 Å². The Balaban J connectivity index is 0.639. The van der Waals surface area contributed by atoms with Crippen LogP contribution in [-0.4, -0.2) is 129 Å². The Morgan fingerprint density at radius 3 is 2.34 bits per heavy atom. The first-order valence-corrected chi connectivity index (χ1v) is 25.6. The SMILES string of the molecule is CNc1ccn(-c2ccnc3c2cc([C@H](C)N2CCC(c4ccc(C(=O)N5CCC(CN6CCN(Cc7ccc8c(c7)C7(CC7)C(=O)N8[C@@H]7CCC(=O)NC7=O)C[C@@H]6C)CC5)cc4)CC2)n3C)c(=O)c1. The maximum absolute atomic E-state index is 13.8. The molecule has 8 heterocycles. The maximum atomic E-state index is 13.8. The van der Waals surface area contributed by atoms with Gasteiger partial charge in [-0.3, -0.25) is 53.5 Å². The van der Waals surface area contributed by atoms with Crippen molar-refractivity contribution >= 4 is 46.0 Å². The summed E-state index contributed by atoms with van der Waals surface area (Å²) in [5.41, 5.74) is 8.20. The number of hydrogen-bond donors (Lipinski definition) is 2. The monoisotopic (exact) mass is 947 g/mol. The van der Waals surface area contributed by atoms with Crippen LogP contribution in [-0.2, 0) is 33.4 Å². The van der Waals surface area contributed by atoms with Crippen LogP contribution < -0.4 is 21.1 Å². The highest BCUT2D eigenvalue weighted by Crippen LogP contribution is 2.58. The molecule has 0 bridgehead atoms. The Bertz CT molecular complexity index is 2910. The van der Waals surface area contributed by atoms with E-state index in [1.54, 1.807) is 21.7 Å². The molecule has 6 aliphatic rings. The van der Waals surface area contributed by atoms with Gasteiger partial charge in [0.15, 0.2) is 0 Å². The van der Waals surface area contributed by atoms with E-state index in [2.05, 4.69) is 86.0 Å². The summed E-state index contributed by atoms with van der Waals surface area (Å²) in [4.78, 5) is 81.3. The van der Waals surface area contributed by atoms with E-state index >= 15 is 0 Å². The Kier molecular flexibility index (Phi) is 12.2.